The predicted octanol–water partition coefficient (Wildman–Crippen LogP) is 3.96. The highest BCUT2D eigenvalue weighted by Crippen LogP contribution is 2.30. The van der Waals surface area contributed by atoms with Crippen LogP contribution in [0.5, 0.6) is 5.75 Å². The lowest BCUT2D eigenvalue weighted by molar-refractivity contribution is 0.317. The van der Waals surface area contributed by atoms with Crippen LogP contribution in [0.25, 0.3) is 0 Å². The van der Waals surface area contributed by atoms with Gasteiger partial charge in [0, 0.05) is 11.9 Å². The van der Waals surface area contributed by atoms with Gasteiger partial charge in [0.25, 0.3) is 0 Å². The molecule has 1 aromatic heterocycles. The number of anilines is 3. The fourth-order valence-electron chi connectivity index (χ4n) is 1.58. The van der Waals surface area contributed by atoms with E-state index in [0.717, 1.165) is 34.6 Å². The molecule has 0 saturated carbocycles. The summed E-state index contributed by atoms with van der Waals surface area (Å²) in [5, 5.41) is 3.26. The zero-order valence-electron chi connectivity index (χ0n) is 10.7. The van der Waals surface area contributed by atoms with E-state index in [1.165, 1.54) is 0 Å². The molecule has 4 nitrogen and oxygen atoms in total. The molecule has 0 bridgehead atoms. The highest BCUT2D eigenvalue weighted by Gasteiger charge is 2.05. The summed E-state index contributed by atoms with van der Waals surface area (Å²) in [5.74, 6) is 0.870. The first-order valence-electron chi connectivity index (χ1n) is 6.09. The van der Waals surface area contributed by atoms with Crippen molar-refractivity contribution in [1.82, 2.24) is 4.98 Å². The van der Waals surface area contributed by atoms with Gasteiger partial charge in [-0.25, -0.2) is 0 Å². The minimum atomic E-state index is 0.598. The Balaban J connectivity index is 2.11. The normalized spacial score (nSPS) is 10.2. The van der Waals surface area contributed by atoms with Crippen molar-refractivity contribution in [2.24, 2.45) is 0 Å². The Morgan fingerprint density at radius 2 is 2.00 bits per heavy atom. The van der Waals surface area contributed by atoms with Crippen molar-refractivity contribution < 1.29 is 4.74 Å². The molecule has 1 heterocycles. The van der Waals surface area contributed by atoms with E-state index in [1.54, 1.807) is 12.4 Å². The number of ether oxygens (including phenoxy) is 1. The molecule has 1 aromatic carbocycles. The number of nitrogens with zero attached hydrogens (tertiary/aromatic N) is 1. The van der Waals surface area contributed by atoms with Gasteiger partial charge in [-0.2, -0.15) is 0 Å². The van der Waals surface area contributed by atoms with Crippen molar-refractivity contribution in [3.05, 3.63) is 41.1 Å². The van der Waals surface area contributed by atoms with Crippen LogP contribution in [0, 0.1) is 0 Å². The maximum atomic E-state index is 5.89. The number of halogens is 1. The van der Waals surface area contributed by atoms with Gasteiger partial charge in [0.05, 0.1) is 28.7 Å². The first-order valence-corrected chi connectivity index (χ1v) is 6.89. The van der Waals surface area contributed by atoms with Crippen LogP contribution < -0.4 is 15.8 Å². The Kier molecular flexibility index (Phi) is 4.63. The van der Waals surface area contributed by atoms with E-state index < -0.39 is 0 Å². The summed E-state index contributed by atoms with van der Waals surface area (Å²) in [5.41, 5.74) is 8.25. The maximum absolute atomic E-state index is 5.89. The molecule has 0 saturated heterocycles. The molecule has 0 aliphatic heterocycles. The highest BCUT2D eigenvalue weighted by atomic mass is 79.9. The van der Waals surface area contributed by atoms with Gasteiger partial charge in [-0.3, -0.25) is 4.98 Å². The lowest BCUT2D eigenvalue weighted by Crippen LogP contribution is -1.99. The largest absolute Gasteiger partial charge is 0.494 e. The Hall–Kier alpha value is -1.75. The fourth-order valence-corrected chi connectivity index (χ4v) is 2.03. The minimum absolute atomic E-state index is 0.598. The molecule has 100 valence electrons. The zero-order chi connectivity index (χ0) is 13.7. The van der Waals surface area contributed by atoms with E-state index in [9.17, 15) is 0 Å². The van der Waals surface area contributed by atoms with E-state index in [-0.39, 0.29) is 0 Å². The quantitative estimate of drug-likeness (QED) is 0.875. The second-order valence-corrected chi connectivity index (χ2v) is 4.94. The average molecular weight is 322 g/mol. The Morgan fingerprint density at radius 1 is 1.26 bits per heavy atom. The third-order valence-electron chi connectivity index (χ3n) is 2.53. The first kappa shape index (κ1) is 13.7. The number of pyridine rings is 1. The van der Waals surface area contributed by atoms with Gasteiger partial charge < -0.3 is 15.8 Å². The van der Waals surface area contributed by atoms with Crippen LogP contribution in [0.3, 0.4) is 0 Å². The Bertz CT molecular complexity index is 523. The lowest BCUT2D eigenvalue weighted by Gasteiger charge is -2.11. The number of benzene rings is 1. The van der Waals surface area contributed by atoms with Crippen molar-refractivity contribution in [2.45, 2.75) is 13.3 Å². The molecule has 19 heavy (non-hydrogen) atoms. The van der Waals surface area contributed by atoms with Crippen molar-refractivity contribution in [3.63, 3.8) is 0 Å². The monoisotopic (exact) mass is 321 g/mol. The van der Waals surface area contributed by atoms with Gasteiger partial charge in [0.1, 0.15) is 5.75 Å². The summed E-state index contributed by atoms with van der Waals surface area (Å²) < 4.78 is 6.37. The van der Waals surface area contributed by atoms with Gasteiger partial charge >= 0.3 is 0 Å². The Morgan fingerprint density at radius 3 is 2.63 bits per heavy atom. The molecule has 0 atom stereocenters. The molecule has 0 unspecified atom stereocenters. The van der Waals surface area contributed by atoms with Gasteiger partial charge in [-0.1, -0.05) is 6.92 Å². The second kappa shape index (κ2) is 6.43. The number of hydrogen-bond acceptors (Lipinski definition) is 4. The lowest BCUT2D eigenvalue weighted by atomic mass is 10.2. The third-order valence-corrected chi connectivity index (χ3v) is 3.13. The maximum Gasteiger partial charge on any atom is 0.119 e. The third kappa shape index (κ3) is 3.61. The van der Waals surface area contributed by atoms with Crippen LogP contribution in [-0.2, 0) is 0 Å². The molecule has 5 heteroatoms. The van der Waals surface area contributed by atoms with Gasteiger partial charge in [0.2, 0.25) is 0 Å². The van der Waals surface area contributed by atoms with Crippen LogP contribution in [0.15, 0.2) is 41.1 Å². The summed E-state index contributed by atoms with van der Waals surface area (Å²) in [6.07, 6.45) is 4.32. The topological polar surface area (TPSA) is 60.2 Å². The molecular formula is C14H16BrN3O. The number of nitrogen functional groups attached to an aromatic ring is 1. The molecule has 0 spiro atoms. The highest BCUT2D eigenvalue weighted by molar-refractivity contribution is 9.10. The smallest absolute Gasteiger partial charge is 0.119 e. The first-order chi connectivity index (χ1) is 9.20. The molecule has 0 fully saturated rings. The van der Waals surface area contributed by atoms with Crippen LogP contribution in [-0.4, -0.2) is 11.6 Å². The summed E-state index contributed by atoms with van der Waals surface area (Å²) in [6, 6.07) is 7.78. The molecule has 0 aliphatic carbocycles. The summed E-state index contributed by atoms with van der Waals surface area (Å²) in [7, 11) is 0. The molecule has 3 N–H and O–H groups in total. The fraction of sp³-hybridized carbons (Fsp3) is 0.214. The summed E-state index contributed by atoms with van der Waals surface area (Å²) >= 11 is 3.42. The molecule has 0 radical (unpaired) electrons. The predicted molar refractivity (Wildman–Crippen MR) is 81.9 cm³/mol. The van der Waals surface area contributed by atoms with E-state index in [0.29, 0.717) is 5.69 Å². The molecular weight excluding hydrogens is 306 g/mol. The van der Waals surface area contributed by atoms with Crippen LogP contribution in [0.2, 0.25) is 0 Å². The summed E-state index contributed by atoms with van der Waals surface area (Å²) in [6.45, 7) is 2.81. The molecule has 2 aromatic rings. The Labute approximate surface area is 121 Å². The molecule has 0 aliphatic rings. The van der Waals surface area contributed by atoms with Crippen LogP contribution in [0.4, 0.5) is 17.1 Å². The number of nitrogens with two attached hydrogens (primary N) is 1. The molecule has 0 amide bonds. The number of nitrogens with one attached hydrogen (secondary N) is 1. The van der Waals surface area contributed by atoms with Crippen molar-refractivity contribution >= 4 is 33.0 Å². The van der Waals surface area contributed by atoms with Crippen LogP contribution >= 0.6 is 15.9 Å². The minimum Gasteiger partial charge on any atom is -0.494 e. The standard InChI is InChI=1S/C14H16BrN3O/c1-2-7-19-11-5-3-10(4-6-11)18-14-12(15)8-17-9-13(14)16/h3-6,8-9H,2,7,16H2,1H3,(H,17,18). The van der Waals surface area contributed by atoms with E-state index in [1.807, 2.05) is 24.3 Å². The van der Waals surface area contributed by atoms with Gasteiger partial charge in [-0.05, 0) is 46.6 Å². The van der Waals surface area contributed by atoms with Crippen molar-refractivity contribution in [1.29, 1.82) is 0 Å². The second-order valence-electron chi connectivity index (χ2n) is 4.08. The van der Waals surface area contributed by atoms with Crippen molar-refractivity contribution in [3.8, 4) is 5.75 Å². The van der Waals surface area contributed by atoms with E-state index in [2.05, 4.69) is 33.2 Å². The van der Waals surface area contributed by atoms with E-state index >= 15 is 0 Å². The molecule has 2 rings (SSSR count). The van der Waals surface area contributed by atoms with Gasteiger partial charge in [0.15, 0.2) is 0 Å². The number of hydrogen-bond donors (Lipinski definition) is 2. The van der Waals surface area contributed by atoms with Crippen molar-refractivity contribution in [2.75, 3.05) is 17.7 Å². The zero-order valence-corrected chi connectivity index (χ0v) is 12.3. The number of rotatable bonds is 5. The SMILES string of the molecule is CCCOc1ccc(Nc2c(N)cncc2Br)cc1. The average Bonchev–Trinajstić information content (AvgIpc) is 2.42. The van der Waals surface area contributed by atoms with Gasteiger partial charge in [-0.15, -0.1) is 0 Å². The van der Waals surface area contributed by atoms with Crippen LogP contribution in [0.1, 0.15) is 13.3 Å². The summed E-state index contributed by atoms with van der Waals surface area (Å²) in [4.78, 5) is 4.00. The number of aromatic nitrogens is 1. The van der Waals surface area contributed by atoms with E-state index in [4.69, 9.17) is 10.5 Å².